The summed E-state index contributed by atoms with van der Waals surface area (Å²) < 4.78 is 12.4. The zero-order valence-electron chi connectivity index (χ0n) is 22.9. The molecule has 0 radical (unpaired) electrons. The van der Waals surface area contributed by atoms with Crippen molar-refractivity contribution < 1.29 is 19.7 Å². The molecule has 2 N–H and O–H groups in total. The van der Waals surface area contributed by atoms with Crippen molar-refractivity contribution in [3.05, 3.63) is 11.1 Å². The number of unbranched alkanes of at least 4 members (excludes halogenated alkanes) is 12. The lowest BCUT2D eigenvalue weighted by Gasteiger charge is -2.22. The highest BCUT2D eigenvalue weighted by Gasteiger charge is 2.26. The molecule has 0 atom stereocenters. The van der Waals surface area contributed by atoms with Crippen LogP contribution in [0.5, 0.6) is 23.0 Å². The molecule has 4 heteroatoms. The molecule has 4 nitrogen and oxygen atoms in total. The van der Waals surface area contributed by atoms with Crippen molar-refractivity contribution >= 4 is 0 Å². The molecule has 0 aliphatic heterocycles. The largest absolute Gasteiger partial charge is 0.504 e. The number of ether oxygens (including phenoxy) is 2. The monoisotopic (exact) mass is 478 g/mol. The molecule has 0 fully saturated rings. The number of aromatic hydroxyl groups is 2. The molecule has 1 aromatic carbocycles. The Morgan fingerprint density at radius 3 is 1.35 bits per heavy atom. The summed E-state index contributed by atoms with van der Waals surface area (Å²) in [6.07, 6.45) is 19.8. The quantitative estimate of drug-likeness (QED) is 0.129. The fraction of sp³-hybridized carbons (Fsp3) is 0.800. The summed E-state index contributed by atoms with van der Waals surface area (Å²) in [6.45, 7) is 9.95. The first kappa shape index (κ1) is 30.5. The number of phenols is 2. The molecule has 0 bridgehead atoms. The van der Waals surface area contributed by atoms with E-state index in [-0.39, 0.29) is 11.5 Å². The molecule has 0 aliphatic rings. The molecule has 0 saturated carbocycles. The van der Waals surface area contributed by atoms with Gasteiger partial charge in [-0.15, -0.1) is 0 Å². The van der Waals surface area contributed by atoms with Gasteiger partial charge in [-0.25, -0.2) is 0 Å². The summed E-state index contributed by atoms with van der Waals surface area (Å²) in [4.78, 5) is 0. The van der Waals surface area contributed by atoms with Gasteiger partial charge in [0.25, 0.3) is 0 Å². The van der Waals surface area contributed by atoms with Gasteiger partial charge in [0.2, 0.25) is 11.5 Å². The van der Waals surface area contributed by atoms with Gasteiger partial charge < -0.3 is 19.7 Å². The first-order valence-corrected chi connectivity index (χ1v) is 14.5. The van der Waals surface area contributed by atoms with E-state index in [1.54, 1.807) is 0 Å². The summed E-state index contributed by atoms with van der Waals surface area (Å²) in [5.74, 6) is 0.899. The highest BCUT2D eigenvalue weighted by molar-refractivity contribution is 5.66. The van der Waals surface area contributed by atoms with E-state index in [1.165, 1.54) is 44.9 Å². The van der Waals surface area contributed by atoms with Crippen molar-refractivity contribution in [3.8, 4) is 23.0 Å². The van der Waals surface area contributed by atoms with Crippen LogP contribution in [-0.2, 0) is 12.8 Å². The number of hydrogen-bond donors (Lipinski definition) is 2. The maximum atomic E-state index is 11.1. The first-order valence-electron chi connectivity index (χ1n) is 14.5. The van der Waals surface area contributed by atoms with E-state index in [9.17, 15) is 10.2 Å². The van der Waals surface area contributed by atoms with Crippen molar-refractivity contribution in [2.24, 2.45) is 0 Å². The smallest absolute Gasteiger partial charge is 0.207 e. The Bertz CT molecular complexity index is 641. The van der Waals surface area contributed by atoms with Crippen LogP contribution in [-0.4, -0.2) is 23.4 Å². The number of rotatable bonds is 22. The van der Waals surface area contributed by atoms with Crippen LogP contribution < -0.4 is 9.47 Å². The van der Waals surface area contributed by atoms with Crippen LogP contribution in [0.15, 0.2) is 0 Å². The third-order valence-electron chi connectivity index (χ3n) is 6.62. The molecule has 0 spiro atoms. The molecule has 0 heterocycles. The SMILES string of the molecule is CCCCCCCc1c(O)c(O)c(OCCCCC)c(OCCCCC)c1CCCCCCC. The number of phenolic OH excluding ortho intramolecular Hbond substituents is 2. The van der Waals surface area contributed by atoms with Crippen molar-refractivity contribution in [1.29, 1.82) is 0 Å². The van der Waals surface area contributed by atoms with Crippen molar-refractivity contribution in [2.45, 2.75) is 143 Å². The van der Waals surface area contributed by atoms with Gasteiger partial charge >= 0.3 is 0 Å². The van der Waals surface area contributed by atoms with Crippen LogP contribution in [0.2, 0.25) is 0 Å². The molecular formula is C30H54O4. The molecular weight excluding hydrogens is 424 g/mol. The van der Waals surface area contributed by atoms with Crippen molar-refractivity contribution in [2.75, 3.05) is 13.2 Å². The summed E-state index contributed by atoms with van der Waals surface area (Å²) in [5.41, 5.74) is 1.93. The van der Waals surface area contributed by atoms with E-state index in [4.69, 9.17) is 9.47 Å². The fourth-order valence-corrected chi connectivity index (χ4v) is 4.46. The second-order valence-corrected chi connectivity index (χ2v) is 9.75. The standard InChI is InChI=1S/C30H54O4/c1-5-9-13-15-17-21-25-26(22-18-16-14-10-6-2)29(33-23-19-11-7-3)30(28(32)27(25)31)34-24-20-12-8-4/h31-32H,5-24H2,1-4H3. The highest BCUT2D eigenvalue weighted by atomic mass is 16.5. The van der Waals surface area contributed by atoms with Crippen molar-refractivity contribution in [3.63, 3.8) is 0 Å². The number of benzene rings is 1. The van der Waals surface area contributed by atoms with Gasteiger partial charge in [0, 0.05) is 11.1 Å². The molecule has 0 aliphatic carbocycles. The molecule has 1 aromatic rings. The van der Waals surface area contributed by atoms with Gasteiger partial charge in [0.15, 0.2) is 11.5 Å². The van der Waals surface area contributed by atoms with Crippen LogP contribution in [0.4, 0.5) is 0 Å². The molecule has 198 valence electrons. The van der Waals surface area contributed by atoms with E-state index in [0.717, 1.165) is 81.8 Å². The maximum absolute atomic E-state index is 11.1. The second kappa shape index (κ2) is 19.7. The molecule has 0 unspecified atom stereocenters. The summed E-state index contributed by atoms with van der Waals surface area (Å²) >= 11 is 0. The van der Waals surface area contributed by atoms with Gasteiger partial charge in [-0.05, 0) is 38.5 Å². The Morgan fingerprint density at radius 2 is 0.853 bits per heavy atom. The summed E-state index contributed by atoms with van der Waals surface area (Å²) in [5, 5.41) is 22.0. The van der Waals surface area contributed by atoms with Crippen molar-refractivity contribution in [1.82, 2.24) is 0 Å². The van der Waals surface area contributed by atoms with E-state index in [1.807, 2.05) is 0 Å². The predicted molar refractivity (Wildman–Crippen MR) is 145 cm³/mol. The van der Waals surface area contributed by atoms with E-state index in [0.29, 0.717) is 24.7 Å². The first-order chi connectivity index (χ1) is 16.6. The zero-order valence-corrected chi connectivity index (χ0v) is 22.9. The van der Waals surface area contributed by atoms with Crippen LogP contribution in [0.3, 0.4) is 0 Å². The molecule has 1 rings (SSSR count). The third kappa shape index (κ3) is 11.2. The van der Waals surface area contributed by atoms with Gasteiger partial charge in [0.1, 0.15) is 0 Å². The lowest BCUT2D eigenvalue weighted by Crippen LogP contribution is -2.08. The predicted octanol–water partition coefficient (Wildman–Crippen LogP) is 9.26. The Morgan fingerprint density at radius 1 is 0.441 bits per heavy atom. The van der Waals surface area contributed by atoms with Gasteiger partial charge in [-0.2, -0.15) is 0 Å². The highest BCUT2D eigenvalue weighted by Crippen LogP contribution is 2.50. The Hall–Kier alpha value is -1.58. The normalized spacial score (nSPS) is 11.2. The van der Waals surface area contributed by atoms with Gasteiger partial charge in [0.05, 0.1) is 13.2 Å². The summed E-state index contributed by atoms with van der Waals surface area (Å²) in [6, 6.07) is 0. The summed E-state index contributed by atoms with van der Waals surface area (Å²) in [7, 11) is 0. The number of hydrogen-bond acceptors (Lipinski definition) is 4. The minimum Gasteiger partial charge on any atom is -0.504 e. The van der Waals surface area contributed by atoms with E-state index >= 15 is 0 Å². The fourth-order valence-electron chi connectivity index (χ4n) is 4.46. The lowest BCUT2D eigenvalue weighted by molar-refractivity contribution is 0.243. The average Bonchev–Trinajstić information content (AvgIpc) is 2.84. The molecule has 0 saturated heterocycles. The Balaban J connectivity index is 3.22. The molecule has 34 heavy (non-hydrogen) atoms. The van der Waals surface area contributed by atoms with E-state index in [2.05, 4.69) is 27.7 Å². The molecule has 0 amide bonds. The second-order valence-electron chi connectivity index (χ2n) is 9.75. The Kier molecular flexibility index (Phi) is 17.6. The van der Waals surface area contributed by atoms with Crippen LogP contribution in [0, 0.1) is 0 Å². The average molecular weight is 479 g/mol. The topological polar surface area (TPSA) is 58.9 Å². The minimum atomic E-state index is -0.139. The zero-order chi connectivity index (χ0) is 25.0. The van der Waals surface area contributed by atoms with Crippen LogP contribution >= 0.6 is 0 Å². The Labute approximate surface area is 210 Å². The maximum Gasteiger partial charge on any atom is 0.207 e. The van der Waals surface area contributed by atoms with E-state index < -0.39 is 0 Å². The van der Waals surface area contributed by atoms with Crippen LogP contribution in [0.1, 0.15) is 142 Å². The third-order valence-corrected chi connectivity index (χ3v) is 6.62. The van der Waals surface area contributed by atoms with Gasteiger partial charge in [-0.1, -0.05) is 105 Å². The van der Waals surface area contributed by atoms with Gasteiger partial charge in [-0.3, -0.25) is 0 Å². The lowest BCUT2D eigenvalue weighted by atomic mass is 9.93. The molecule has 0 aromatic heterocycles. The van der Waals surface area contributed by atoms with Crippen LogP contribution in [0.25, 0.3) is 0 Å². The minimum absolute atomic E-state index is 0.00505.